The van der Waals surface area contributed by atoms with Crippen molar-refractivity contribution < 1.29 is 9.84 Å². The molecule has 2 aliphatic rings. The van der Waals surface area contributed by atoms with E-state index in [2.05, 4.69) is 19.2 Å². The van der Waals surface area contributed by atoms with Gasteiger partial charge in [-0.15, -0.1) is 0 Å². The second kappa shape index (κ2) is 6.36. The van der Waals surface area contributed by atoms with Crippen molar-refractivity contribution in [3.63, 3.8) is 0 Å². The first-order chi connectivity index (χ1) is 8.66. The van der Waals surface area contributed by atoms with Gasteiger partial charge in [-0.2, -0.15) is 0 Å². The van der Waals surface area contributed by atoms with E-state index in [4.69, 9.17) is 4.74 Å². The Morgan fingerprint density at radius 1 is 1.17 bits per heavy atom. The number of ether oxygens (including phenoxy) is 1. The summed E-state index contributed by atoms with van der Waals surface area (Å²) in [6.45, 7) is 5.17. The highest BCUT2D eigenvalue weighted by Crippen LogP contribution is 2.40. The highest BCUT2D eigenvalue weighted by molar-refractivity contribution is 5.02. The normalized spacial score (nSPS) is 25.3. The quantitative estimate of drug-likeness (QED) is 0.734. The fourth-order valence-corrected chi connectivity index (χ4v) is 3.21. The Morgan fingerprint density at radius 2 is 1.83 bits per heavy atom. The second-order valence-corrected chi connectivity index (χ2v) is 6.46. The first kappa shape index (κ1) is 14.3. The summed E-state index contributed by atoms with van der Waals surface area (Å²) in [6.07, 6.45) is 9.26. The summed E-state index contributed by atoms with van der Waals surface area (Å²) >= 11 is 0. The van der Waals surface area contributed by atoms with Crippen LogP contribution in [-0.4, -0.2) is 36.0 Å². The highest BCUT2D eigenvalue weighted by atomic mass is 16.5. The molecule has 0 radical (unpaired) electrons. The van der Waals surface area contributed by atoms with Crippen molar-refractivity contribution in [3.05, 3.63) is 0 Å². The SMILES string of the molecule is CC(C)NC(CO)(COC1CCCCC1)C1CC1. The van der Waals surface area contributed by atoms with Crippen LogP contribution in [-0.2, 0) is 4.74 Å². The van der Waals surface area contributed by atoms with Gasteiger partial charge in [-0.25, -0.2) is 0 Å². The van der Waals surface area contributed by atoms with Crippen molar-refractivity contribution in [1.29, 1.82) is 0 Å². The Labute approximate surface area is 111 Å². The van der Waals surface area contributed by atoms with Crippen LogP contribution in [0.4, 0.5) is 0 Å². The molecule has 2 saturated carbocycles. The summed E-state index contributed by atoms with van der Waals surface area (Å²) in [5, 5.41) is 13.4. The van der Waals surface area contributed by atoms with E-state index < -0.39 is 0 Å². The molecule has 2 aliphatic carbocycles. The molecule has 0 amide bonds. The number of rotatable bonds is 7. The summed E-state index contributed by atoms with van der Waals surface area (Å²) in [5.41, 5.74) is -0.189. The van der Waals surface area contributed by atoms with Crippen molar-refractivity contribution in [2.75, 3.05) is 13.2 Å². The molecular formula is C15H29NO2. The van der Waals surface area contributed by atoms with Crippen molar-refractivity contribution in [3.8, 4) is 0 Å². The topological polar surface area (TPSA) is 41.5 Å². The number of hydrogen-bond acceptors (Lipinski definition) is 3. The van der Waals surface area contributed by atoms with Gasteiger partial charge in [0.1, 0.15) is 0 Å². The molecule has 3 nitrogen and oxygen atoms in total. The maximum atomic E-state index is 9.82. The van der Waals surface area contributed by atoms with E-state index in [-0.39, 0.29) is 12.1 Å². The molecule has 0 saturated heterocycles. The van der Waals surface area contributed by atoms with Crippen molar-refractivity contribution in [2.45, 2.75) is 76.5 Å². The van der Waals surface area contributed by atoms with Gasteiger partial charge in [0.25, 0.3) is 0 Å². The van der Waals surface area contributed by atoms with Crippen LogP contribution in [0.1, 0.15) is 58.8 Å². The minimum Gasteiger partial charge on any atom is -0.394 e. The van der Waals surface area contributed by atoms with Gasteiger partial charge in [-0.1, -0.05) is 33.1 Å². The van der Waals surface area contributed by atoms with E-state index in [1.54, 1.807) is 0 Å². The lowest BCUT2D eigenvalue weighted by atomic mass is 9.93. The fraction of sp³-hybridized carbons (Fsp3) is 1.00. The molecule has 0 aliphatic heterocycles. The van der Waals surface area contributed by atoms with E-state index in [0.29, 0.717) is 24.7 Å². The van der Waals surface area contributed by atoms with Gasteiger partial charge in [-0.3, -0.25) is 0 Å². The molecule has 106 valence electrons. The number of aliphatic hydroxyl groups excluding tert-OH is 1. The van der Waals surface area contributed by atoms with Crippen LogP contribution in [0.15, 0.2) is 0 Å². The van der Waals surface area contributed by atoms with Crippen LogP contribution in [0, 0.1) is 5.92 Å². The molecule has 2 rings (SSSR count). The van der Waals surface area contributed by atoms with Gasteiger partial charge in [0, 0.05) is 6.04 Å². The Morgan fingerprint density at radius 3 is 2.33 bits per heavy atom. The van der Waals surface area contributed by atoms with Gasteiger partial charge >= 0.3 is 0 Å². The summed E-state index contributed by atoms with van der Waals surface area (Å²) in [6, 6.07) is 0.396. The van der Waals surface area contributed by atoms with E-state index >= 15 is 0 Å². The molecular weight excluding hydrogens is 226 g/mol. The molecule has 0 bridgehead atoms. The predicted octanol–water partition coefficient (Wildman–Crippen LogP) is 2.47. The zero-order valence-corrected chi connectivity index (χ0v) is 12.0. The number of nitrogens with one attached hydrogen (secondary N) is 1. The van der Waals surface area contributed by atoms with E-state index in [1.165, 1.54) is 44.9 Å². The molecule has 2 fully saturated rings. The summed E-state index contributed by atoms with van der Waals surface area (Å²) in [5.74, 6) is 0.605. The van der Waals surface area contributed by atoms with Crippen LogP contribution < -0.4 is 5.32 Å². The van der Waals surface area contributed by atoms with Crippen LogP contribution in [0.2, 0.25) is 0 Å². The van der Waals surface area contributed by atoms with Crippen molar-refractivity contribution in [1.82, 2.24) is 5.32 Å². The molecule has 1 atom stereocenters. The Bertz CT molecular complexity index is 247. The van der Waals surface area contributed by atoms with Crippen molar-refractivity contribution >= 4 is 0 Å². The minimum atomic E-state index is -0.189. The lowest BCUT2D eigenvalue weighted by molar-refractivity contribution is -0.0340. The maximum absolute atomic E-state index is 9.82. The first-order valence-electron chi connectivity index (χ1n) is 7.66. The van der Waals surface area contributed by atoms with Crippen LogP contribution >= 0.6 is 0 Å². The zero-order valence-electron chi connectivity index (χ0n) is 12.0. The van der Waals surface area contributed by atoms with E-state index in [1.807, 2.05) is 0 Å². The van der Waals surface area contributed by atoms with Crippen LogP contribution in [0.3, 0.4) is 0 Å². The third-order valence-electron chi connectivity index (χ3n) is 4.35. The zero-order chi connectivity index (χ0) is 13.0. The van der Waals surface area contributed by atoms with Gasteiger partial charge in [0.05, 0.1) is 24.9 Å². The maximum Gasteiger partial charge on any atom is 0.0681 e. The molecule has 1 unspecified atom stereocenters. The largest absolute Gasteiger partial charge is 0.394 e. The average molecular weight is 255 g/mol. The average Bonchev–Trinajstić information content (AvgIpc) is 3.20. The summed E-state index contributed by atoms with van der Waals surface area (Å²) in [7, 11) is 0. The lowest BCUT2D eigenvalue weighted by Gasteiger charge is -2.37. The third-order valence-corrected chi connectivity index (χ3v) is 4.35. The predicted molar refractivity (Wildman–Crippen MR) is 73.6 cm³/mol. The van der Waals surface area contributed by atoms with Crippen LogP contribution in [0.25, 0.3) is 0 Å². The lowest BCUT2D eigenvalue weighted by Crippen LogP contribution is -2.57. The Hall–Kier alpha value is -0.120. The Balaban J connectivity index is 1.87. The van der Waals surface area contributed by atoms with Crippen LogP contribution in [0.5, 0.6) is 0 Å². The monoisotopic (exact) mass is 255 g/mol. The van der Waals surface area contributed by atoms with Gasteiger partial charge < -0.3 is 15.2 Å². The standard InChI is InChI=1S/C15H29NO2/c1-12(2)16-15(10-17,13-8-9-13)11-18-14-6-4-3-5-7-14/h12-14,16-17H,3-11H2,1-2H3. The second-order valence-electron chi connectivity index (χ2n) is 6.46. The number of hydrogen-bond donors (Lipinski definition) is 2. The third kappa shape index (κ3) is 3.69. The fourth-order valence-electron chi connectivity index (χ4n) is 3.21. The summed E-state index contributed by atoms with van der Waals surface area (Å²) < 4.78 is 6.12. The molecule has 2 N–H and O–H groups in total. The first-order valence-corrected chi connectivity index (χ1v) is 7.66. The van der Waals surface area contributed by atoms with Gasteiger partial charge in [0.15, 0.2) is 0 Å². The molecule has 18 heavy (non-hydrogen) atoms. The van der Waals surface area contributed by atoms with E-state index in [0.717, 1.165) is 0 Å². The summed E-state index contributed by atoms with van der Waals surface area (Å²) in [4.78, 5) is 0. The van der Waals surface area contributed by atoms with Gasteiger partial charge in [0.2, 0.25) is 0 Å². The smallest absolute Gasteiger partial charge is 0.0681 e. The molecule has 0 spiro atoms. The van der Waals surface area contributed by atoms with E-state index in [9.17, 15) is 5.11 Å². The molecule has 0 aromatic carbocycles. The van der Waals surface area contributed by atoms with Gasteiger partial charge in [-0.05, 0) is 31.6 Å². The van der Waals surface area contributed by atoms with Crippen molar-refractivity contribution in [2.24, 2.45) is 5.92 Å². The Kier molecular flexibility index (Phi) is 5.05. The minimum absolute atomic E-state index is 0.189. The highest BCUT2D eigenvalue weighted by Gasteiger charge is 2.45. The molecule has 0 aromatic rings. The molecule has 3 heteroatoms. The molecule has 0 aromatic heterocycles. The molecule has 0 heterocycles. The number of aliphatic hydroxyl groups is 1.